The number of fused-ring (bicyclic) bond motifs is 1. The molecule has 0 aliphatic heterocycles. The van der Waals surface area contributed by atoms with Crippen LogP contribution in [0.5, 0.6) is 5.75 Å². The molecule has 0 saturated carbocycles. The summed E-state index contributed by atoms with van der Waals surface area (Å²) < 4.78 is 6.90. The average Bonchev–Trinajstić information content (AvgIpc) is 3.16. The van der Waals surface area contributed by atoms with Crippen LogP contribution in [0.2, 0.25) is 0 Å². The lowest BCUT2D eigenvalue weighted by Gasteiger charge is -2.01. The van der Waals surface area contributed by atoms with Gasteiger partial charge in [-0.05, 0) is 23.8 Å². The number of thiazole rings is 1. The van der Waals surface area contributed by atoms with Gasteiger partial charge in [0.25, 0.3) is 5.56 Å². The number of esters is 1. The van der Waals surface area contributed by atoms with Crippen molar-refractivity contribution in [1.82, 2.24) is 14.6 Å². The molecule has 0 aliphatic carbocycles. The van der Waals surface area contributed by atoms with Gasteiger partial charge in [-0.15, -0.1) is 5.10 Å². The maximum Gasteiger partial charge on any atom is 0.308 e. The van der Waals surface area contributed by atoms with Crippen LogP contribution in [0, 0.1) is 0 Å². The average molecular weight is 363 g/mol. The zero-order chi connectivity index (χ0) is 18.1. The van der Waals surface area contributed by atoms with E-state index < -0.39 is 0 Å². The van der Waals surface area contributed by atoms with Crippen molar-refractivity contribution >= 4 is 28.3 Å². The molecule has 2 aromatic carbocycles. The van der Waals surface area contributed by atoms with Crippen LogP contribution in [0.25, 0.3) is 22.4 Å². The highest BCUT2D eigenvalue weighted by atomic mass is 32.1. The molecule has 0 N–H and O–H groups in total. The van der Waals surface area contributed by atoms with Crippen molar-refractivity contribution in [2.24, 2.45) is 0 Å². The Kier molecular flexibility index (Phi) is 4.06. The zero-order valence-corrected chi connectivity index (χ0v) is 14.6. The Balaban J connectivity index is 1.75. The van der Waals surface area contributed by atoms with E-state index in [-0.39, 0.29) is 11.5 Å². The second kappa shape index (κ2) is 6.53. The molecule has 0 fully saturated rings. The van der Waals surface area contributed by atoms with Crippen LogP contribution in [-0.4, -0.2) is 20.6 Å². The smallest absolute Gasteiger partial charge is 0.308 e. The van der Waals surface area contributed by atoms with Crippen molar-refractivity contribution in [2.75, 3.05) is 0 Å². The molecule has 4 aromatic rings. The summed E-state index contributed by atoms with van der Waals surface area (Å²) >= 11 is 1.27. The first-order valence-corrected chi connectivity index (χ1v) is 8.67. The van der Waals surface area contributed by atoms with Crippen LogP contribution in [-0.2, 0) is 4.79 Å². The van der Waals surface area contributed by atoms with Gasteiger partial charge < -0.3 is 4.74 Å². The summed E-state index contributed by atoms with van der Waals surface area (Å²) in [6.45, 7) is 1.34. The second-order valence-electron chi connectivity index (χ2n) is 5.58. The fraction of sp³-hybridized carbons (Fsp3) is 0.0526. The minimum atomic E-state index is -0.390. The van der Waals surface area contributed by atoms with E-state index in [9.17, 15) is 9.59 Å². The summed E-state index contributed by atoms with van der Waals surface area (Å²) in [4.78, 5) is 28.6. The SMILES string of the molecule is CC(=O)Oc1cccc(C=c2sc3nc(-c4ccccc4)nn3c2=O)c1. The van der Waals surface area contributed by atoms with Crippen LogP contribution in [0.1, 0.15) is 12.5 Å². The summed E-state index contributed by atoms with van der Waals surface area (Å²) in [6, 6.07) is 16.5. The highest BCUT2D eigenvalue weighted by molar-refractivity contribution is 7.15. The molecule has 0 unspecified atom stereocenters. The molecule has 0 aliphatic rings. The molecule has 0 amide bonds. The normalized spacial score (nSPS) is 11.8. The number of carbonyl (C=O) groups excluding carboxylic acids is 1. The van der Waals surface area contributed by atoms with Gasteiger partial charge in [-0.1, -0.05) is 53.8 Å². The minimum Gasteiger partial charge on any atom is -0.427 e. The Morgan fingerprint density at radius 1 is 1.15 bits per heavy atom. The lowest BCUT2D eigenvalue weighted by atomic mass is 10.2. The third-order valence-electron chi connectivity index (χ3n) is 3.63. The van der Waals surface area contributed by atoms with Gasteiger partial charge in [0.15, 0.2) is 5.82 Å². The van der Waals surface area contributed by atoms with Gasteiger partial charge in [0.05, 0.1) is 4.53 Å². The number of hydrogen-bond acceptors (Lipinski definition) is 6. The van der Waals surface area contributed by atoms with Crippen LogP contribution < -0.4 is 14.8 Å². The molecule has 4 rings (SSSR count). The Bertz CT molecular complexity index is 1210. The first-order chi connectivity index (χ1) is 12.6. The van der Waals surface area contributed by atoms with Crippen LogP contribution >= 0.6 is 11.3 Å². The highest BCUT2D eigenvalue weighted by Crippen LogP contribution is 2.16. The van der Waals surface area contributed by atoms with E-state index in [4.69, 9.17) is 4.74 Å². The summed E-state index contributed by atoms with van der Waals surface area (Å²) in [5.41, 5.74) is 1.40. The summed E-state index contributed by atoms with van der Waals surface area (Å²) in [5, 5.41) is 4.32. The fourth-order valence-electron chi connectivity index (χ4n) is 2.53. The molecule has 26 heavy (non-hydrogen) atoms. The molecule has 128 valence electrons. The number of aromatic nitrogens is 3. The van der Waals surface area contributed by atoms with Crippen molar-refractivity contribution < 1.29 is 9.53 Å². The van der Waals surface area contributed by atoms with Crippen molar-refractivity contribution in [1.29, 1.82) is 0 Å². The summed E-state index contributed by atoms with van der Waals surface area (Å²) in [7, 11) is 0. The molecule has 0 atom stereocenters. The first-order valence-electron chi connectivity index (χ1n) is 7.85. The predicted octanol–water partition coefficient (Wildman–Crippen LogP) is 2.29. The number of benzene rings is 2. The van der Waals surface area contributed by atoms with Gasteiger partial charge in [-0.25, -0.2) is 0 Å². The van der Waals surface area contributed by atoms with Gasteiger partial charge in [0.1, 0.15) is 5.75 Å². The van der Waals surface area contributed by atoms with E-state index >= 15 is 0 Å². The van der Waals surface area contributed by atoms with Crippen molar-refractivity contribution in [3.63, 3.8) is 0 Å². The van der Waals surface area contributed by atoms with E-state index in [0.29, 0.717) is 21.1 Å². The van der Waals surface area contributed by atoms with Gasteiger partial charge in [-0.3, -0.25) is 9.59 Å². The van der Waals surface area contributed by atoms with Crippen LogP contribution in [0.3, 0.4) is 0 Å². The topological polar surface area (TPSA) is 73.6 Å². The van der Waals surface area contributed by atoms with Crippen molar-refractivity contribution in [3.8, 4) is 17.1 Å². The molecule has 2 heterocycles. The third kappa shape index (κ3) is 3.12. The second-order valence-corrected chi connectivity index (χ2v) is 6.59. The van der Waals surface area contributed by atoms with Crippen molar-refractivity contribution in [2.45, 2.75) is 6.92 Å². The maximum absolute atomic E-state index is 12.6. The van der Waals surface area contributed by atoms with Gasteiger partial charge >= 0.3 is 5.97 Å². The van der Waals surface area contributed by atoms with Gasteiger partial charge in [0.2, 0.25) is 4.96 Å². The van der Waals surface area contributed by atoms with E-state index in [1.54, 1.807) is 24.3 Å². The lowest BCUT2D eigenvalue weighted by Crippen LogP contribution is -2.23. The zero-order valence-electron chi connectivity index (χ0n) is 13.7. The lowest BCUT2D eigenvalue weighted by molar-refractivity contribution is -0.131. The Morgan fingerprint density at radius 3 is 2.69 bits per heavy atom. The molecular weight excluding hydrogens is 350 g/mol. The van der Waals surface area contributed by atoms with Crippen LogP contribution in [0.4, 0.5) is 0 Å². The molecule has 0 spiro atoms. The van der Waals surface area contributed by atoms with Gasteiger partial charge in [0, 0.05) is 12.5 Å². The summed E-state index contributed by atoms with van der Waals surface area (Å²) in [6.07, 6.45) is 1.73. The predicted molar refractivity (Wildman–Crippen MR) is 99.1 cm³/mol. The monoisotopic (exact) mass is 363 g/mol. The first kappa shape index (κ1) is 16.2. The molecule has 2 aromatic heterocycles. The molecule has 0 saturated heterocycles. The Morgan fingerprint density at radius 2 is 1.96 bits per heavy atom. The number of ether oxygens (including phenoxy) is 1. The molecule has 0 radical (unpaired) electrons. The van der Waals surface area contributed by atoms with Gasteiger partial charge in [-0.2, -0.15) is 9.50 Å². The summed E-state index contributed by atoms with van der Waals surface area (Å²) in [5.74, 6) is 0.570. The van der Waals surface area contributed by atoms with Crippen LogP contribution in [0.15, 0.2) is 59.4 Å². The van der Waals surface area contributed by atoms with E-state index in [1.807, 2.05) is 36.4 Å². The number of rotatable bonds is 3. The van der Waals surface area contributed by atoms with E-state index in [2.05, 4.69) is 10.1 Å². The fourth-order valence-corrected chi connectivity index (χ4v) is 3.44. The largest absolute Gasteiger partial charge is 0.427 e. The number of nitrogens with zero attached hydrogens (tertiary/aromatic N) is 3. The minimum absolute atomic E-state index is 0.224. The Hall–Kier alpha value is -3.32. The molecule has 6 nitrogen and oxygen atoms in total. The standard InChI is InChI=1S/C19H13N3O3S/c1-12(23)25-15-9-5-6-13(10-15)11-16-18(24)22-19(26-16)20-17(21-22)14-7-3-2-4-8-14/h2-11H,1H3. The number of carbonyl (C=O) groups is 1. The van der Waals surface area contributed by atoms with E-state index in [0.717, 1.165) is 11.1 Å². The maximum atomic E-state index is 12.6. The molecular formula is C19H13N3O3S. The van der Waals surface area contributed by atoms with E-state index in [1.165, 1.54) is 22.8 Å². The molecule has 7 heteroatoms. The van der Waals surface area contributed by atoms with Crippen molar-refractivity contribution in [3.05, 3.63) is 75.0 Å². The Labute approximate surface area is 152 Å². The molecule has 0 bridgehead atoms. The number of hydrogen-bond donors (Lipinski definition) is 0. The third-order valence-corrected chi connectivity index (χ3v) is 4.59. The quantitative estimate of drug-likeness (QED) is 0.412. The highest BCUT2D eigenvalue weighted by Gasteiger charge is 2.11.